The number of nitrogens with one attached hydrogen (secondary N) is 2. The van der Waals surface area contributed by atoms with Gasteiger partial charge in [0.1, 0.15) is 6.04 Å². The number of nitrogens with zero attached hydrogens (tertiary/aromatic N) is 2. The van der Waals surface area contributed by atoms with Gasteiger partial charge in [-0.05, 0) is 55.0 Å². The molecule has 2 aromatic rings. The van der Waals surface area contributed by atoms with Crippen LogP contribution in [-0.4, -0.2) is 64.7 Å². The lowest BCUT2D eigenvalue weighted by Gasteiger charge is -2.26. The molecule has 4 rings (SSSR count). The van der Waals surface area contributed by atoms with E-state index in [1.807, 2.05) is 4.90 Å². The van der Waals surface area contributed by atoms with Crippen LogP contribution >= 0.6 is 11.6 Å². The van der Waals surface area contributed by atoms with Crippen LogP contribution in [0.2, 0.25) is 5.02 Å². The first-order valence-corrected chi connectivity index (χ1v) is 11.3. The van der Waals surface area contributed by atoms with E-state index < -0.39 is 36.5 Å². The van der Waals surface area contributed by atoms with Crippen LogP contribution in [0.3, 0.4) is 0 Å². The number of hydrogen-bond acceptors (Lipinski definition) is 6. The molecule has 0 aromatic heterocycles. The van der Waals surface area contributed by atoms with Crippen LogP contribution < -0.4 is 15.5 Å². The van der Waals surface area contributed by atoms with Crippen molar-refractivity contribution in [2.24, 2.45) is 0 Å². The van der Waals surface area contributed by atoms with E-state index in [0.717, 1.165) is 12.1 Å². The van der Waals surface area contributed by atoms with Gasteiger partial charge in [-0.3, -0.25) is 4.79 Å². The Morgan fingerprint density at radius 1 is 1.00 bits per heavy atom. The molecular formula is C23H25ClN4O6. The molecule has 180 valence electrons. The van der Waals surface area contributed by atoms with Crippen molar-refractivity contribution in [3.8, 4) is 0 Å². The van der Waals surface area contributed by atoms with Gasteiger partial charge in [-0.25, -0.2) is 9.59 Å². The Labute approximate surface area is 201 Å². The zero-order valence-corrected chi connectivity index (χ0v) is 18.9. The zero-order chi connectivity index (χ0) is 24.2. The molecule has 2 aromatic carbocycles. The number of likely N-dealkylation sites (tertiary alicyclic amines) is 1. The fourth-order valence-corrected chi connectivity index (χ4v) is 4.37. The number of anilines is 3. The van der Waals surface area contributed by atoms with Gasteiger partial charge in [0.25, 0.3) is 0 Å². The topological polar surface area (TPSA) is 131 Å². The molecule has 2 aliphatic heterocycles. The minimum atomic E-state index is -1.32. The fraction of sp³-hybridized carbons (Fsp3) is 0.348. The second-order valence-electron chi connectivity index (χ2n) is 8.20. The predicted octanol–water partition coefficient (Wildman–Crippen LogP) is 3.57. The highest BCUT2D eigenvalue weighted by molar-refractivity contribution is 6.30. The van der Waals surface area contributed by atoms with E-state index in [0.29, 0.717) is 29.4 Å². The summed E-state index contributed by atoms with van der Waals surface area (Å²) < 4.78 is 4.93. The highest BCUT2D eigenvalue weighted by Gasteiger charge is 2.39. The molecule has 2 saturated heterocycles. The molecule has 3 unspecified atom stereocenters. The minimum absolute atomic E-state index is 0.0381. The van der Waals surface area contributed by atoms with E-state index in [9.17, 15) is 19.5 Å². The van der Waals surface area contributed by atoms with Crippen LogP contribution in [0.15, 0.2) is 48.5 Å². The lowest BCUT2D eigenvalue weighted by atomic mass is 10.1. The molecule has 3 amide bonds. The summed E-state index contributed by atoms with van der Waals surface area (Å²) in [7, 11) is 0. The van der Waals surface area contributed by atoms with Gasteiger partial charge in [0.15, 0.2) is 6.23 Å². The van der Waals surface area contributed by atoms with Crippen molar-refractivity contribution in [2.75, 3.05) is 28.6 Å². The van der Waals surface area contributed by atoms with E-state index in [2.05, 4.69) is 10.6 Å². The Morgan fingerprint density at radius 2 is 1.65 bits per heavy atom. The average molecular weight is 489 g/mol. The summed E-state index contributed by atoms with van der Waals surface area (Å²) in [6.07, 6.45) is -1.11. The highest BCUT2D eigenvalue weighted by Crippen LogP contribution is 2.28. The molecule has 4 N–H and O–H groups in total. The number of β-amino-alcohol motifs (C(OH)–C–C–N with tert-alkyl or cyclic N) is 1. The third-order valence-electron chi connectivity index (χ3n) is 5.84. The summed E-state index contributed by atoms with van der Waals surface area (Å²) in [5.74, 6) is -0.413. The monoisotopic (exact) mass is 488 g/mol. The number of amides is 3. The minimum Gasteiger partial charge on any atom is -0.450 e. The Hall–Kier alpha value is -3.50. The lowest BCUT2D eigenvalue weighted by molar-refractivity contribution is -0.119. The van der Waals surface area contributed by atoms with E-state index in [4.69, 9.17) is 21.4 Å². The van der Waals surface area contributed by atoms with Crippen LogP contribution in [0.25, 0.3) is 0 Å². The van der Waals surface area contributed by atoms with Crippen molar-refractivity contribution in [3.05, 3.63) is 53.6 Å². The normalized spacial score (nSPS) is 21.9. The van der Waals surface area contributed by atoms with Gasteiger partial charge in [0.2, 0.25) is 5.91 Å². The number of carbonyl (C=O) groups excluding carboxylic acids is 2. The number of halogens is 1. The molecule has 0 spiro atoms. The first-order chi connectivity index (χ1) is 16.3. The molecule has 0 saturated carbocycles. The summed E-state index contributed by atoms with van der Waals surface area (Å²) in [4.78, 5) is 39.7. The number of urea groups is 1. The quantitative estimate of drug-likeness (QED) is 0.473. The van der Waals surface area contributed by atoms with Crippen molar-refractivity contribution >= 4 is 46.8 Å². The Morgan fingerprint density at radius 3 is 2.32 bits per heavy atom. The standard InChI is InChI=1S/C23H25ClN4O6/c24-14-3-5-16(6-4-14)26-22(31)28-13-18(29)12-19(28)21(30)25-15-7-9-17(10-8-15)27-11-1-2-20(27)34-23(32)33/h3-10,18-20,29H,1-2,11-13H2,(H,25,30)(H,26,31)(H,32,33). The Bertz CT molecular complexity index is 1050. The van der Waals surface area contributed by atoms with Crippen LogP contribution in [0.4, 0.5) is 26.7 Å². The van der Waals surface area contributed by atoms with Crippen molar-refractivity contribution in [1.82, 2.24) is 4.90 Å². The van der Waals surface area contributed by atoms with E-state index >= 15 is 0 Å². The van der Waals surface area contributed by atoms with Gasteiger partial charge in [-0.15, -0.1) is 0 Å². The maximum Gasteiger partial charge on any atom is 0.507 e. The van der Waals surface area contributed by atoms with Gasteiger partial charge in [-0.2, -0.15) is 0 Å². The number of carboxylic acid groups (broad SMARTS) is 1. The van der Waals surface area contributed by atoms with Gasteiger partial charge < -0.3 is 35.4 Å². The largest absolute Gasteiger partial charge is 0.507 e. The van der Waals surface area contributed by atoms with Gasteiger partial charge in [0, 0.05) is 48.0 Å². The third-order valence-corrected chi connectivity index (χ3v) is 6.09. The van der Waals surface area contributed by atoms with Crippen LogP contribution in [0, 0.1) is 0 Å². The molecule has 3 atom stereocenters. The number of hydrogen-bond donors (Lipinski definition) is 4. The van der Waals surface area contributed by atoms with Crippen molar-refractivity contribution < 1.29 is 29.3 Å². The summed E-state index contributed by atoms with van der Waals surface area (Å²) in [6.45, 7) is 0.706. The fourth-order valence-electron chi connectivity index (χ4n) is 4.25. The molecule has 0 radical (unpaired) electrons. The second-order valence-corrected chi connectivity index (χ2v) is 8.64. The van der Waals surface area contributed by atoms with E-state index in [1.54, 1.807) is 48.5 Å². The average Bonchev–Trinajstić information content (AvgIpc) is 3.42. The van der Waals surface area contributed by atoms with Crippen LogP contribution in [0.5, 0.6) is 0 Å². The number of aliphatic hydroxyl groups is 1. The number of ether oxygens (including phenoxy) is 1. The van der Waals surface area contributed by atoms with Crippen LogP contribution in [0.1, 0.15) is 19.3 Å². The van der Waals surface area contributed by atoms with Crippen molar-refractivity contribution in [3.63, 3.8) is 0 Å². The Kier molecular flexibility index (Phi) is 7.09. The summed E-state index contributed by atoms with van der Waals surface area (Å²) >= 11 is 5.87. The maximum atomic E-state index is 12.9. The molecule has 2 fully saturated rings. The van der Waals surface area contributed by atoms with E-state index in [-0.39, 0.29) is 13.0 Å². The molecule has 34 heavy (non-hydrogen) atoms. The molecule has 2 heterocycles. The van der Waals surface area contributed by atoms with Crippen molar-refractivity contribution in [1.29, 1.82) is 0 Å². The number of rotatable bonds is 5. The molecule has 0 aliphatic carbocycles. The highest BCUT2D eigenvalue weighted by atomic mass is 35.5. The van der Waals surface area contributed by atoms with Gasteiger partial charge in [0.05, 0.1) is 6.10 Å². The SMILES string of the molecule is O=C(O)OC1CCCN1c1ccc(NC(=O)C2CC(O)CN2C(=O)Nc2ccc(Cl)cc2)cc1. The smallest absolute Gasteiger partial charge is 0.450 e. The summed E-state index contributed by atoms with van der Waals surface area (Å²) in [5.41, 5.74) is 1.82. The lowest BCUT2D eigenvalue weighted by Crippen LogP contribution is -2.45. The van der Waals surface area contributed by atoms with Gasteiger partial charge in [-0.1, -0.05) is 11.6 Å². The molecule has 10 nitrogen and oxygen atoms in total. The molecular weight excluding hydrogens is 464 g/mol. The van der Waals surface area contributed by atoms with E-state index in [1.165, 1.54) is 4.90 Å². The molecule has 11 heteroatoms. The second kappa shape index (κ2) is 10.2. The number of aliphatic hydroxyl groups excluding tert-OH is 1. The summed E-state index contributed by atoms with van der Waals surface area (Å²) in [6, 6.07) is 12.2. The maximum absolute atomic E-state index is 12.9. The number of carbonyl (C=O) groups is 3. The first-order valence-electron chi connectivity index (χ1n) is 10.9. The zero-order valence-electron chi connectivity index (χ0n) is 18.2. The third kappa shape index (κ3) is 5.52. The number of benzene rings is 2. The molecule has 0 bridgehead atoms. The van der Waals surface area contributed by atoms with Gasteiger partial charge >= 0.3 is 12.2 Å². The predicted molar refractivity (Wildman–Crippen MR) is 126 cm³/mol. The Balaban J connectivity index is 1.39. The van der Waals surface area contributed by atoms with Crippen molar-refractivity contribution in [2.45, 2.75) is 37.6 Å². The molecule has 2 aliphatic rings. The first kappa shape index (κ1) is 23.7. The summed E-state index contributed by atoms with van der Waals surface area (Å²) in [5, 5.41) is 25.0. The van der Waals surface area contributed by atoms with Crippen LogP contribution in [-0.2, 0) is 9.53 Å².